The van der Waals surface area contributed by atoms with E-state index in [1.807, 2.05) is 30.3 Å². The normalized spacial score (nSPS) is 10.9. The summed E-state index contributed by atoms with van der Waals surface area (Å²) in [5.41, 5.74) is 3.36. The van der Waals surface area contributed by atoms with Gasteiger partial charge >= 0.3 is 0 Å². The van der Waals surface area contributed by atoms with E-state index in [-0.39, 0.29) is 12.5 Å². The first-order valence-electron chi connectivity index (χ1n) is 10.1. The van der Waals surface area contributed by atoms with Gasteiger partial charge in [0.05, 0.1) is 10.0 Å². The van der Waals surface area contributed by atoms with Crippen molar-refractivity contribution in [1.29, 1.82) is 0 Å². The van der Waals surface area contributed by atoms with Crippen LogP contribution >= 0.6 is 46.4 Å². The molecule has 1 amide bonds. The van der Waals surface area contributed by atoms with Crippen molar-refractivity contribution in [3.05, 3.63) is 92.4 Å². The molecule has 0 fully saturated rings. The summed E-state index contributed by atoms with van der Waals surface area (Å²) < 4.78 is 0. The Morgan fingerprint density at radius 3 is 1.85 bits per heavy atom. The summed E-state index contributed by atoms with van der Waals surface area (Å²) in [5, 5.41) is 13.8. The van der Waals surface area contributed by atoms with Crippen molar-refractivity contribution in [3.63, 3.8) is 0 Å². The van der Waals surface area contributed by atoms with Crippen molar-refractivity contribution < 1.29 is 4.79 Å². The van der Waals surface area contributed by atoms with Crippen LogP contribution in [0.3, 0.4) is 0 Å². The van der Waals surface area contributed by atoms with Gasteiger partial charge in [0, 0.05) is 27.7 Å². The monoisotopic (exact) mass is 518 g/mol. The molecule has 0 aliphatic heterocycles. The Kier molecular flexibility index (Phi) is 7.56. The van der Waals surface area contributed by atoms with E-state index in [2.05, 4.69) is 15.5 Å². The minimum atomic E-state index is -0.205. The maximum Gasteiger partial charge on any atom is 0.243 e. The number of amides is 1. The fourth-order valence-corrected chi connectivity index (χ4v) is 4.32. The van der Waals surface area contributed by atoms with E-state index in [1.54, 1.807) is 36.4 Å². The number of halogens is 4. The SMILES string of the molecule is O=C(Cn1nc(-c2ccc(Cl)cc2Cl)c(-c2ccc(Cl)cc2Cl)n1)NCCc1ccccc1. The predicted octanol–water partition coefficient (Wildman–Crippen LogP) is 6.58. The van der Waals surface area contributed by atoms with Gasteiger partial charge in [-0.3, -0.25) is 4.79 Å². The zero-order valence-electron chi connectivity index (χ0n) is 17.2. The topological polar surface area (TPSA) is 59.8 Å². The smallest absolute Gasteiger partial charge is 0.243 e. The zero-order chi connectivity index (χ0) is 23.4. The molecular formula is C24H18Cl4N4O. The van der Waals surface area contributed by atoms with Crippen molar-refractivity contribution in [2.75, 3.05) is 6.54 Å². The van der Waals surface area contributed by atoms with Gasteiger partial charge in [0.1, 0.15) is 17.9 Å². The van der Waals surface area contributed by atoms with Crippen LogP contribution in [0.15, 0.2) is 66.7 Å². The summed E-state index contributed by atoms with van der Waals surface area (Å²) in [6, 6.07) is 20.1. The lowest BCUT2D eigenvalue weighted by Gasteiger charge is -2.06. The number of carbonyl (C=O) groups excluding carboxylic acids is 1. The Labute approximate surface area is 211 Å². The third-order valence-corrected chi connectivity index (χ3v) is 5.99. The summed E-state index contributed by atoms with van der Waals surface area (Å²) in [6.07, 6.45) is 0.733. The van der Waals surface area contributed by atoms with Crippen LogP contribution < -0.4 is 5.32 Å². The molecule has 0 aliphatic carbocycles. The largest absolute Gasteiger partial charge is 0.354 e. The zero-order valence-corrected chi connectivity index (χ0v) is 20.3. The molecule has 0 saturated carbocycles. The molecule has 0 radical (unpaired) electrons. The van der Waals surface area contributed by atoms with Crippen molar-refractivity contribution in [2.24, 2.45) is 0 Å². The summed E-state index contributed by atoms with van der Waals surface area (Å²) >= 11 is 25.0. The van der Waals surface area contributed by atoms with Crippen molar-refractivity contribution >= 4 is 52.3 Å². The summed E-state index contributed by atoms with van der Waals surface area (Å²) in [6.45, 7) is 0.452. The number of nitrogens with one attached hydrogen (secondary N) is 1. The molecule has 5 nitrogen and oxygen atoms in total. The van der Waals surface area contributed by atoms with Crippen LogP contribution in [0.1, 0.15) is 5.56 Å². The fourth-order valence-electron chi connectivity index (χ4n) is 3.32. The Hall–Kier alpha value is -2.57. The summed E-state index contributed by atoms with van der Waals surface area (Å²) in [7, 11) is 0. The van der Waals surface area contributed by atoms with E-state index >= 15 is 0 Å². The van der Waals surface area contributed by atoms with E-state index in [0.29, 0.717) is 49.2 Å². The molecule has 1 aromatic heterocycles. The van der Waals surface area contributed by atoms with Crippen molar-refractivity contribution in [1.82, 2.24) is 20.3 Å². The molecule has 0 saturated heterocycles. The number of hydrogen-bond donors (Lipinski definition) is 1. The molecule has 4 aromatic rings. The maximum absolute atomic E-state index is 12.5. The third-order valence-electron chi connectivity index (χ3n) is 4.89. The highest BCUT2D eigenvalue weighted by Gasteiger charge is 2.20. The van der Waals surface area contributed by atoms with Gasteiger partial charge in [-0.15, -0.1) is 0 Å². The van der Waals surface area contributed by atoms with E-state index in [1.165, 1.54) is 4.80 Å². The lowest BCUT2D eigenvalue weighted by molar-refractivity contribution is -0.122. The number of rotatable bonds is 7. The van der Waals surface area contributed by atoms with Crippen LogP contribution in [-0.4, -0.2) is 27.4 Å². The Morgan fingerprint density at radius 1 is 0.788 bits per heavy atom. The molecule has 0 bridgehead atoms. The van der Waals surface area contributed by atoms with Gasteiger partial charge in [-0.1, -0.05) is 76.7 Å². The number of benzene rings is 3. The van der Waals surface area contributed by atoms with Crippen LogP contribution in [0.4, 0.5) is 0 Å². The van der Waals surface area contributed by atoms with Crippen LogP contribution in [0, 0.1) is 0 Å². The van der Waals surface area contributed by atoms with Crippen molar-refractivity contribution in [2.45, 2.75) is 13.0 Å². The van der Waals surface area contributed by atoms with Gasteiger partial charge in [-0.2, -0.15) is 15.0 Å². The van der Waals surface area contributed by atoms with Crippen LogP contribution in [0.5, 0.6) is 0 Å². The van der Waals surface area contributed by atoms with Gasteiger partial charge in [0.25, 0.3) is 0 Å². The van der Waals surface area contributed by atoms with Crippen LogP contribution in [-0.2, 0) is 17.8 Å². The molecule has 168 valence electrons. The first-order chi connectivity index (χ1) is 15.9. The molecule has 0 spiro atoms. The summed E-state index contributed by atoms with van der Waals surface area (Å²) in [5.74, 6) is -0.205. The molecule has 0 atom stereocenters. The molecule has 9 heteroatoms. The van der Waals surface area contributed by atoms with Crippen LogP contribution in [0.2, 0.25) is 20.1 Å². The number of aromatic nitrogens is 3. The van der Waals surface area contributed by atoms with Gasteiger partial charge < -0.3 is 5.32 Å². The number of hydrogen-bond acceptors (Lipinski definition) is 3. The fraction of sp³-hybridized carbons (Fsp3) is 0.125. The molecule has 1 heterocycles. The third kappa shape index (κ3) is 5.87. The highest BCUT2D eigenvalue weighted by molar-refractivity contribution is 6.37. The Bertz CT molecular complexity index is 1220. The molecular weight excluding hydrogens is 502 g/mol. The number of nitrogens with zero attached hydrogens (tertiary/aromatic N) is 3. The highest BCUT2D eigenvalue weighted by atomic mass is 35.5. The van der Waals surface area contributed by atoms with E-state index < -0.39 is 0 Å². The van der Waals surface area contributed by atoms with Crippen molar-refractivity contribution in [3.8, 4) is 22.5 Å². The van der Waals surface area contributed by atoms with Gasteiger partial charge in [-0.05, 0) is 48.4 Å². The highest BCUT2D eigenvalue weighted by Crippen LogP contribution is 2.38. The van der Waals surface area contributed by atoms with E-state index in [4.69, 9.17) is 46.4 Å². The predicted molar refractivity (Wildman–Crippen MR) is 134 cm³/mol. The molecule has 3 aromatic carbocycles. The second-order valence-electron chi connectivity index (χ2n) is 7.26. The van der Waals surface area contributed by atoms with E-state index in [0.717, 1.165) is 12.0 Å². The average molecular weight is 520 g/mol. The second kappa shape index (κ2) is 10.6. The first-order valence-corrected chi connectivity index (χ1v) is 11.6. The standard InChI is InChI=1S/C24H18Cl4N4O/c25-16-6-8-18(20(27)12-16)23-24(19-9-7-17(26)13-21(19)28)31-32(30-23)14-22(33)29-11-10-15-4-2-1-3-5-15/h1-9,12-13H,10-11,14H2,(H,29,33). The Balaban J connectivity index is 1.60. The first kappa shape index (κ1) is 23.6. The quantitative estimate of drug-likeness (QED) is 0.300. The summed E-state index contributed by atoms with van der Waals surface area (Å²) in [4.78, 5) is 13.9. The Morgan fingerprint density at radius 2 is 1.33 bits per heavy atom. The lowest BCUT2D eigenvalue weighted by atomic mass is 10.0. The minimum Gasteiger partial charge on any atom is -0.354 e. The average Bonchev–Trinajstić information content (AvgIpc) is 3.17. The molecule has 0 aliphatic rings. The maximum atomic E-state index is 12.5. The second-order valence-corrected chi connectivity index (χ2v) is 8.95. The molecule has 33 heavy (non-hydrogen) atoms. The molecule has 1 N–H and O–H groups in total. The molecule has 4 rings (SSSR count). The van der Waals surface area contributed by atoms with Gasteiger partial charge in [0.2, 0.25) is 5.91 Å². The van der Waals surface area contributed by atoms with Gasteiger partial charge in [-0.25, -0.2) is 0 Å². The van der Waals surface area contributed by atoms with E-state index in [9.17, 15) is 4.79 Å². The molecule has 0 unspecified atom stereocenters. The minimum absolute atomic E-state index is 0.0573. The van der Waals surface area contributed by atoms with Crippen LogP contribution in [0.25, 0.3) is 22.5 Å². The van der Waals surface area contributed by atoms with Gasteiger partial charge in [0.15, 0.2) is 0 Å². The lowest BCUT2D eigenvalue weighted by Crippen LogP contribution is -2.30. The number of carbonyl (C=O) groups is 1.